The number of ether oxygens (including phenoxy) is 3. The highest BCUT2D eigenvalue weighted by atomic mass is 16.7. The lowest BCUT2D eigenvalue weighted by Crippen LogP contribution is -2.27. The van der Waals surface area contributed by atoms with Crippen molar-refractivity contribution >= 4 is 5.78 Å². The quantitative estimate of drug-likeness (QED) is 0.611. The van der Waals surface area contributed by atoms with Crippen LogP contribution in [0.4, 0.5) is 0 Å². The Morgan fingerprint density at radius 2 is 2.23 bits per heavy atom. The summed E-state index contributed by atoms with van der Waals surface area (Å²) in [5, 5.41) is 0. The third-order valence-electron chi connectivity index (χ3n) is 1.89. The molecule has 74 valence electrons. The summed E-state index contributed by atoms with van der Waals surface area (Å²) < 4.78 is 14.7. The minimum absolute atomic E-state index is 0.148. The molecule has 0 spiro atoms. The van der Waals surface area contributed by atoms with Crippen molar-refractivity contribution in [3.63, 3.8) is 0 Å². The molecule has 0 unspecified atom stereocenters. The maximum absolute atomic E-state index is 11.6. The molecule has 0 aliphatic carbocycles. The first kappa shape index (κ1) is 10.2. The summed E-state index contributed by atoms with van der Waals surface area (Å²) in [7, 11) is 2.88. The van der Waals surface area contributed by atoms with Gasteiger partial charge in [-0.2, -0.15) is 0 Å². The summed E-state index contributed by atoms with van der Waals surface area (Å²) in [5.74, 6) is -0.148. The molecule has 1 aliphatic rings. The van der Waals surface area contributed by atoms with Crippen LogP contribution in [-0.4, -0.2) is 32.9 Å². The van der Waals surface area contributed by atoms with Crippen LogP contribution < -0.4 is 0 Å². The molecule has 0 N–H and O–H groups in total. The van der Waals surface area contributed by atoms with Gasteiger partial charge >= 0.3 is 0 Å². The zero-order valence-corrected chi connectivity index (χ0v) is 7.91. The molecule has 0 bridgehead atoms. The van der Waals surface area contributed by atoms with Gasteiger partial charge in [0.15, 0.2) is 0 Å². The minimum Gasteiger partial charge on any atom is -0.501 e. The van der Waals surface area contributed by atoms with Gasteiger partial charge in [-0.1, -0.05) is 0 Å². The van der Waals surface area contributed by atoms with Crippen molar-refractivity contribution in [2.75, 3.05) is 20.8 Å². The zero-order valence-electron chi connectivity index (χ0n) is 7.91. The number of carbonyl (C=O) groups excluding carboxylic acids is 1. The molecule has 0 amide bonds. The van der Waals surface area contributed by atoms with Crippen LogP contribution >= 0.6 is 0 Å². The second kappa shape index (κ2) is 4.99. The van der Waals surface area contributed by atoms with Gasteiger partial charge in [0.1, 0.15) is 0 Å². The van der Waals surface area contributed by atoms with Crippen LogP contribution in [0.15, 0.2) is 11.8 Å². The lowest BCUT2D eigenvalue weighted by Gasteiger charge is -2.17. The van der Waals surface area contributed by atoms with E-state index in [2.05, 4.69) is 0 Å². The van der Waals surface area contributed by atoms with E-state index in [0.29, 0.717) is 12.2 Å². The highest BCUT2D eigenvalue weighted by Gasteiger charge is 2.22. The van der Waals surface area contributed by atoms with E-state index in [-0.39, 0.29) is 5.78 Å². The summed E-state index contributed by atoms with van der Waals surface area (Å²) in [6.07, 6.45) is 2.31. The van der Waals surface area contributed by atoms with Gasteiger partial charge < -0.3 is 14.2 Å². The zero-order chi connectivity index (χ0) is 9.68. The van der Waals surface area contributed by atoms with Gasteiger partial charge in [-0.15, -0.1) is 0 Å². The Bertz CT molecular complexity index is 206. The molecule has 13 heavy (non-hydrogen) atoms. The molecule has 4 heteroatoms. The van der Waals surface area contributed by atoms with E-state index in [1.165, 1.54) is 20.5 Å². The standard InChI is InChI=1S/C9H14O4/c1-11-9(12-2)8(10)7-4-3-5-13-6-7/h6,9H,3-5H2,1-2H3. The van der Waals surface area contributed by atoms with Crippen LogP contribution in [0.2, 0.25) is 0 Å². The molecule has 4 nitrogen and oxygen atoms in total. The van der Waals surface area contributed by atoms with E-state index in [1.54, 1.807) is 0 Å². The third kappa shape index (κ3) is 2.54. The molecule has 1 aliphatic heterocycles. The highest BCUT2D eigenvalue weighted by molar-refractivity contribution is 5.97. The number of hydrogen-bond acceptors (Lipinski definition) is 4. The normalized spacial score (nSPS) is 16.7. The predicted octanol–water partition coefficient (Wildman–Crippen LogP) is 0.869. The van der Waals surface area contributed by atoms with Crippen LogP contribution in [0, 0.1) is 0 Å². The van der Waals surface area contributed by atoms with Crippen molar-refractivity contribution in [1.29, 1.82) is 0 Å². The highest BCUT2D eigenvalue weighted by Crippen LogP contribution is 2.15. The summed E-state index contributed by atoms with van der Waals surface area (Å²) in [6, 6.07) is 0. The largest absolute Gasteiger partial charge is 0.501 e. The molecule has 0 radical (unpaired) electrons. The minimum atomic E-state index is -0.798. The van der Waals surface area contributed by atoms with Gasteiger partial charge in [-0.25, -0.2) is 0 Å². The number of methoxy groups -OCH3 is 2. The van der Waals surface area contributed by atoms with Crippen molar-refractivity contribution in [2.45, 2.75) is 19.1 Å². The lowest BCUT2D eigenvalue weighted by molar-refractivity contribution is -0.153. The Kier molecular flexibility index (Phi) is 3.92. The van der Waals surface area contributed by atoms with Crippen molar-refractivity contribution in [3.05, 3.63) is 11.8 Å². The van der Waals surface area contributed by atoms with Gasteiger partial charge in [-0.05, 0) is 12.8 Å². The lowest BCUT2D eigenvalue weighted by atomic mass is 10.1. The molecule has 0 aromatic rings. The number of rotatable bonds is 4. The second-order valence-electron chi connectivity index (χ2n) is 2.79. The van der Waals surface area contributed by atoms with E-state index in [9.17, 15) is 4.79 Å². The fourth-order valence-corrected chi connectivity index (χ4v) is 1.21. The van der Waals surface area contributed by atoms with Gasteiger partial charge in [0, 0.05) is 19.8 Å². The molecule has 1 heterocycles. The number of hydrogen-bond donors (Lipinski definition) is 0. The number of Topliss-reactive ketones (excluding diaryl/α,β-unsaturated/α-hetero) is 1. The smallest absolute Gasteiger partial charge is 0.221 e. The Morgan fingerprint density at radius 3 is 2.69 bits per heavy atom. The van der Waals surface area contributed by atoms with Gasteiger partial charge in [0.05, 0.1) is 12.9 Å². The Labute approximate surface area is 77.5 Å². The molecule has 0 aromatic carbocycles. The summed E-state index contributed by atoms with van der Waals surface area (Å²) in [6.45, 7) is 0.682. The van der Waals surface area contributed by atoms with Crippen LogP contribution in [0.1, 0.15) is 12.8 Å². The maximum Gasteiger partial charge on any atom is 0.221 e. The van der Waals surface area contributed by atoms with E-state index >= 15 is 0 Å². The molecule has 0 fully saturated rings. The van der Waals surface area contributed by atoms with Crippen LogP contribution in [0.5, 0.6) is 0 Å². The Balaban J connectivity index is 2.59. The van der Waals surface area contributed by atoms with E-state index < -0.39 is 6.29 Å². The predicted molar refractivity (Wildman–Crippen MR) is 46.1 cm³/mol. The fraction of sp³-hybridized carbons (Fsp3) is 0.667. The summed E-state index contributed by atoms with van der Waals surface area (Å²) >= 11 is 0. The Hall–Kier alpha value is -0.870. The van der Waals surface area contributed by atoms with Crippen LogP contribution in [-0.2, 0) is 19.0 Å². The molecule has 0 saturated carbocycles. The van der Waals surface area contributed by atoms with Crippen molar-refractivity contribution in [3.8, 4) is 0 Å². The molecule has 0 saturated heterocycles. The molecule has 1 rings (SSSR count). The molecular formula is C9H14O4. The van der Waals surface area contributed by atoms with E-state index in [4.69, 9.17) is 14.2 Å². The third-order valence-corrected chi connectivity index (χ3v) is 1.89. The van der Waals surface area contributed by atoms with Gasteiger partial charge in [-0.3, -0.25) is 4.79 Å². The monoisotopic (exact) mass is 186 g/mol. The first-order valence-corrected chi connectivity index (χ1v) is 4.20. The molecular weight excluding hydrogens is 172 g/mol. The Morgan fingerprint density at radius 1 is 1.54 bits per heavy atom. The van der Waals surface area contributed by atoms with Crippen molar-refractivity contribution in [1.82, 2.24) is 0 Å². The fourth-order valence-electron chi connectivity index (χ4n) is 1.21. The molecule has 0 aromatic heterocycles. The topological polar surface area (TPSA) is 44.8 Å². The number of carbonyl (C=O) groups is 1. The van der Waals surface area contributed by atoms with Crippen molar-refractivity contribution in [2.24, 2.45) is 0 Å². The number of ketones is 1. The average Bonchev–Trinajstić information content (AvgIpc) is 2.21. The second-order valence-corrected chi connectivity index (χ2v) is 2.79. The first-order valence-electron chi connectivity index (χ1n) is 4.20. The maximum atomic E-state index is 11.6. The van der Waals surface area contributed by atoms with E-state index in [0.717, 1.165) is 12.8 Å². The average molecular weight is 186 g/mol. The molecule has 0 atom stereocenters. The van der Waals surface area contributed by atoms with Gasteiger partial charge in [0.2, 0.25) is 12.1 Å². The summed E-state index contributed by atoms with van der Waals surface area (Å²) in [5.41, 5.74) is 0.639. The van der Waals surface area contributed by atoms with Crippen LogP contribution in [0.3, 0.4) is 0 Å². The van der Waals surface area contributed by atoms with E-state index in [1.807, 2.05) is 0 Å². The SMILES string of the molecule is COC(OC)C(=O)C1=COCCC1. The van der Waals surface area contributed by atoms with Gasteiger partial charge in [0.25, 0.3) is 0 Å². The first-order chi connectivity index (χ1) is 6.29. The summed E-state index contributed by atoms with van der Waals surface area (Å²) in [4.78, 5) is 11.6. The van der Waals surface area contributed by atoms with Crippen LogP contribution in [0.25, 0.3) is 0 Å². The van der Waals surface area contributed by atoms with Crippen molar-refractivity contribution < 1.29 is 19.0 Å².